The molecule has 186 valence electrons. The molecular formula is C25H27N7O4. The van der Waals surface area contributed by atoms with Gasteiger partial charge in [-0.1, -0.05) is 36.4 Å². The number of tetrazole rings is 1. The van der Waals surface area contributed by atoms with Gasteiger partial charge in [0.2, 0.25) is 0 Å². The summed E-state index contributed by atoms with van der Waals surface area (Å²) in [6.07, 6.45) is 3.08. The van der Waals surface area contributed by atoms with Crippen molar-refractivity contribution in [1.29, 1.82) is 0 Å². The first-order valence-corrected chi connectivity index (χ1v) is 12.2. The Morgan fingerprint density at radius 2 is 1.83 bits per heavy atom. The lowest BCUT2D eigenvalue weighted by Crippen LogP contribution is -2.44. The maximum Gasteiger partial charge on any atom is 0.407 e. The van der Waals surface area contributed by atoms with Crippen molar-refractivity contribution in [3.05, 3.63) is 71.8 Å². The molecule has 0 spiro atoms. The van der Waals surface area contributed by atoms with Crippen LogP contribution in [-0.4, -0.2) is 82.4 Å². The lowest BCUT2D eigenvalue weighted by molar-refractivity contribution is 0.0540. The minimum absolute atomic E-state index is 0.0942. The van der Waals surface area contributed by atoms with Crippen LogP contribution in [0.3, 0.4) is 0 Å². The fourth-order valence-corrected chi connectivity index (χ4v) is 6.06. The number of aliphatic hydroxyl groups excluding tert-OH is 1. The highest BCUT2D eigenvalue weighted by molar-refractivity contribution is 5.92. The number of nitrogens with zero attached hydrogens (tertiary/aromatic N) is 7. The first-order chi connectivity index (χ1) is 17.5. The molecule has 6 atom stereocenters. The molecular weight excluding hydrogens is 462 g/mol. The maximum atomic E-state index is 13.0. The summed E-state index contributed by atoms with van der Waals surface area (Å²) < 4.78 is 1.77. The summed E-state index contributed by atoms with van der Waals surface area (Å²) in [6, 6.07) is 12.2. The number of piperidine rings is 1. The minimum atomic E-state index is -1.04. The molecule has 1 saturated carbocycles. The zero-order valence-electron chi connectivity index (χ0n) is 19.5. The number of carboxylic acid groups (broad SMARTS) is 1. The molecule has 2 aliphatic heterocycles. The van der Waals surface area contributed by atoms with Crippen molar-refractivity contribution in [2.75, 3.05) is 13.1 Å². The van der Waals surface area contributed by atoms with E-state index >= 15 is 0 Å². The number of pyridine rings is 1. The molecule has 11 heteroatoms. The van der Waals surface area contributed by atoms with Crippen LogP contribution in [-0.2, 0) is 6.42 Å². The van der Waals surface area contributed by atoms with E-state index in [9.17, 15) is 19.8 Å². The van der Waals surface area contributed by atoms with Crippen LogP contribution < -0.4 is 0 Å². The molecule has 2 amide bonds. The molecule has 3 aromatic rings. The Morgan fingerprint density at radius 1 is 1.06 bits per heavy atom. The molecule has 0 bridgehead atoms. The third kappa shape index (κ3) is 3.98. The summed E-state index contributed by atoms with van der Waals surface area (Å²) in [4.78, 5) is 32.7. The molecule has 0 radical (unpaired) electrons. The number of benzene rings is 1. The van der Waals surface area contributed by atoms with Crippen molar-refractivity contribution in [3.63, 3.8) is 0 Å². The van der Waals surface area contributed by atoms with Gasteiger partial charge < -0.3 is 15.1 Å². The van der Waals surface area contributed by atoms with E-state index in [0.717, 1.165) is 5.56 Å². The number of likely N-dealkylation sites (tertiary alicyclic amines) is 2. The number of hydrogen-bond acceptors (Lipinski definition) is 7. The van der Waals surface area contributed by atoms with Crippen molar-refractivity contribution in [2.24, 2.45) is 11.8 Å². The standard InChI is InChI=1S/C25H27N7O4/c33-23(16-4-2-1-3-5-16)21-9-7-17(32(21)25(35)36)10-15-6-8-20(26-11-15)24(34)30-12-18-19(13-30)22(18)31-14-27-28-29-31/h1-6,8,11,14,17-19,21-23,33H,7,9-10,12-13H2,(H,35,36)/t17-,18-,19+,21+,22?,23+/m0/s1. The van der Waals surface area contributed by atoms with Gasteiger partial charge in [-0.2, -0.15) is 0 Å². The smallest absolute Gasteiger partial charge is 0.407 e. The second-order valence-electron chi connectivity index (χ2n) is 9.92. The van der Waals surface area contributed by atoms with Gasteiger partial charge in [0.05, 0.1) is 18.2 Å². The fourth-order valence-electron chi connectivity index (χ4n) is 6.06. The summed E-state index contributed by atoms with van der Waals surface area (Å²) in [6.45, 7) is 1.33. The highest BCUT2D eigenvalue weighted by Gasteiger charge is 2.58. The van der Waals surface area contributed by atoms with E-state index in [1.165, 1.54) is 4.90 Å². The number of rotatable bonds is 6. The molecule has 1 aliphatic carbocycles. The average molecular weight is 490 g/mol. The van der Waals surface area contributed by atoms with Crippen LogP contribution in [0.1, 0.15) is 46.6 Å². The van der Waals surface area contributed by atoms with Crippen molar-refractivity contribution in [1.82, 2.24) is 35.0 Å². The molecule has 4 heterocycles. The van der Waals surface area contributed by atoms with Crippen molar-refractivity contribution in [2.45, 2.75) is 43.5 Å². The van der Waals surface area contributed by atoms with Gasteiger partial charge in [-0.3, -0.25) is 14.7 Å². The normalized spacial score (nSPS) is 27.6. The van der Waals surface area contributed by atoms with Gasteiger partial charge in [-0.15, -0.1) is 5.10 Å². The average Bonchev–Trinajstić information content (AvgIpc) is 3.39. The largest absolute Gasteiger partial charge is 0.465 e. The van der Waals surface area contributed by atoms with Crippen molar-refractivity contribution in [3.8, 4) is 0 Å². The summed E-state index contributed by atoms with van der Waals surface area (Å²) in [7, 11) is 0. The molecule has 3 fully saturated rings. The fraction of sp³-hybridized carbons (Fsp3) is 0.440. The van der Waals surface area contributed by atoms with E-state index in [-0.39, 0.29) is 18.0 Å². The highest BCUT2D eigenvalue weighted by atomic mass is 16.4. The predicted octanol–water partition coefficient (Wildman–Crippen LogP) is 1.80. The Balaban J connectivity index is 1.08. The Labute approximate surface area is 207 Å². The molecule has 3 aliphatic rings. The number of fused-ring (bicyclic) bond motifs is 1. The summed E-state index contributed by atoms with van der Waals surface area (Å²) in [5.74, 6) is 0.656. The maximum absolute atomic E-state index is 13.0. The van der Waals surface area contributed by atoms with Gasteiger partial charge in [0.1, 0.15) is 12.0 Å². The SMILES string of the molecule is O=C(c1ccc(C[C@@H]2CC[C@H]([C@H](O)c3ccccc3)N2C(=O)O)cn1)N1C[C@@H]2C(n3cnnn3)[C@@H]2C1. The van der Waals surface area contributed by atoms with E-state index in [1.807, 2.05) is 41.3 Å². The van der Waals surface area contributed by atoms with Crippen LogP contribution >= 0.6 is 0 Å². The zero-order valence-corrected chi connectivity index (χ0v) is 19.5. The lowest BCUT2D eigenvalue weighted by atomic mass is 10.0. The highest BCUT2D eigenvalue weighted by Crippen LogP contribution is 2.54. The quantitative estimate of drug-likeness (QED) is 0.535. The van der Waals surface area contributed by atoms with Gasteiger partial charge in [-0.05, 0) is 46.9 Å². The minimum Gasteiger partial charge on any atom is -0.465 e. The summed E-state index contributed by atoms with van der Waals surface area (Å²) in [5.41, 5.74) is 1.96. The predicted molar refractivity (Wildman–Crippen MR) is 126 cm³/mol. The van der Waals surface area contributed by atoms with Crippen LogP contribution in [0, 0.1) is 11.8 Å². The van der Waals surface area contributed by atoms with Crippen LogP contribution in [0.2, 0.25) is 0 Å². The van der Waals surface area contributed by atoms with Crippen LogP contribution in [0.25, 0.3) is 0 Å². The van der Waals surface area contributed by atoms with Crippen molar-refractivity contribution >= 4 is 12.0 Å². The van der Waals surface area contributed by atoms with Crippen LogP contribution in [0.4, 0.5) is 4.79 Å². The Morgan fingerprint density at radius 3 is 2.47 bits per heavy atom. The van der Waals surface area contributed by atoms with Crippen LogP contribution in [0.15, 0.2) is 55.0 Å². The van der Waals surface area contributed by atoms with E-state index in [4.69, 9.17) is 0 Å². The Hall–Kier alpha value is -3.86. The van der Waals surface area contributed by atoms with Gasteiger partial charge in [0.15, 0.2) is 0 Å². The van der Waals surface area contributed by atoms with E-state index in [1.54, 1.807) is 23.3 Å². The monoisotopic (exact) mass is 489 g/mol. The molecule has 11 nitrogen and oxygen atoms in total. The molecule has 2 N–H and O–H groups in total. The number of carbonyl (C=O) groups excluding carboxylic acids is 1. The molecule has 2 aromatic heterocycles. The Bertz CT molecular complexity index is 1230. The van der Waals surface area contributed by atoms with Crippen molar-refractivity contribution < 1.29 is 19.8 Å². The first-order valence-electron chi connectivity index (χ1n) is 12.2. The number of carbonyl (C=O) groups is 2. The van der Waals surface area contributed by atoms with Crippen LogP contribution in [0.5, 0.6) is 0 Å². The lowest BCUT2D eigenvalue weighted by Gasteiger charge is -2.31. The van der Waals surface area contributed by atoms with E-state index in [0.29, 0.717) is 55.4 Å². The topological polar surface area (TPSA) is 138 Å². The molecule has 1 aromatic carbocycles. The molecule has 6 rings (SSSR count). The molecule has 36 heavy (non-hydrogen) atoms. The second-order valence-corrected chi connectivity index (χ2v) is 9.92. The Kier molecular flexibility index (Phi) is 5.63. The molecule has 1 unspecified atom stereocenters. The van der Waals surface area contributed by atoms with E-state index in [2.05, 4.69) is 20.5 Å². The molecule has 2 saturated heterocycles. The second kappa shape index (κ2) is 8.98. The van der Waals surface area contributed by atoms with Gasteiger partial charge in [0, 0.05) is 37.2 Å². The van der Waals surface area contributed by atoms with E-state index < -0.39 is 18.2 Å². The number of amides is 2. The van der Waals surface area contributed by atoms with Gasteiger partial charge >= 0.3 is 6.09 Å². The third-order valence-corrected chi connectivity index (χ3v) is 7.89. The zero-order chi connectivity index (χ0) is 24.8. The number of hydrogen-bond donors (Lipinski definition) is 2. The first kappa shape index (κ1) is 22.6. The van der Waals surface area contributed by atoms with Gasteiger partial charge in [0.25, 0.3) is 5.91 Å². The third-order valence-electron chi connectivity index (χ3n) is 7.89. The summed E-state index contributed by atoms with van der Waals surface area (Å²) >= 11 is 0. The summed E-state index contributed by atoms with van der Waals surface area (Å²) in [5, 5.41) is 32.1. The number of aromatic nitrogens is 5. The van der Waals surface area contributed by atoms with Gasteiger partial charge in [-0.25, -0.2) is 9.48 Å². The number of aliphatic hydroxyl groups is 1.